The summed E-state index contributed by atoms with van der Waals surface area (Å²) in [6.45, 7) is 1.90. The molecule has 0 spiro atoms. The minimum absolute atomic E-state index is 0.249. The molecule has 5 heteroatoms. The summed E-state index contributed by atoms with van der Waals surface area (Å²) in [5.74, 6) is -0.249. The zero-order chi connectivity index (χ0) is 15.4. The normalized spacial score (nSPS) is 10.9. The van der Waals surface area contributed by atoms with Crippen molar-refractivity contribution in [3.8, 4) is 0 Å². The van der Waals surface area contributed by atoms with Gasteiger partial charge in [0, 0.05) is 16.8 Å². The number of benzene rings is 2. The summed E-state index contributed by atoms with van der Waals surface area (Å²) in [5, 5.41) is 4.28. The molecule has 0 radical (unpaired) electrons. The number of carbonyl (C=O) groups is 1. The molecule has 108 valence electrons. The van der Waals surface area contributed by atoms with Crippen LogP contribution in [-0.4, -0.2) is 5.91 Å². The highest BCUT2D eigenvalue weighted by Crippen LogP contribution is 2.23. The van der Waals surface area contributed by atoms with Gasteiger partial charge in [-0.25, -0.2) is 0 Å². The lowest BCUT2D eigenvalue weighted by atomic mass is 10.2. The van der Waals surface area contributed by atoms with Gasteiger partial charge in [0.1, 0.15) is 0 Å². The molecule has 0 aliphatic heterocycles. The molecule has 0 saturated heterocycles. The Morgan fingerprint density at radius 2 is 1.76 bits per heavy atom. The van der Waals surface area contributed by atoms with Gasteiger partial charge < -0.3 is 5.32 Å². The lowest BCUT2D eigenvalue weighted by Gasteiger charge is -2.04. The smallest absolute Gasteiger partial charge is 0.248 e. The molecule has 1 N–H and O–H groups in total. The Hall–Kier alpha value is -1.48. The fraction of sp³-hybridized carbons (Fsp3) is 0.0625. The number of hydrogen-bond donors (Lipinski definition) is 1. The van der Waals surface area contributed by atoms with E-state index in [0.29, 0.717) is 20.8 Å². The third-order valence-corrected chi connectivity index (χ3v) is 3.96. The quantitative estimate of drug-likeness (QED) is 0.723. The number of hydrogen-bond acceptors (Lipinski definition) is 1. The van der Waals surface area contributed by atoms with Gasteiger partial charge in [-0.2, -0.15) is 0 Å². The highest BCUT2D eigenvalue weighted by Gasteiger charge is 2.01. The van der Waals surface area contributed by atoms with E-state index in [1.54, 1.807) is 36.4 Å². The molecule has 0 heterocycles. The van der Waals surface area contributed by atoms with Gasteiger partial charge in [-0.1, -0.05) is 46.9 Å². The molecular weight excluding hydrogens is 329 g/mol. The third kappa shape index (κ3) is 4.50. The molecule has 2 aromatic carbocycles. The molecule has 0 saturated carbocycles. The van der Waals surface area contributed by atoms with Crippen molar-refractivity contribution in [2.45, 2.75) is 6.92 Å². The number of carbonyl (C=O) groups excluding carboxylic acids is 1. The minimum Gasteiger partial charge on any atom is -0.322 e. The Morgan fingerprint density at radius 1 is 1.00 bits per heavy atom. The lowest BCUT2D eigenvalue weighted by Crippen LogP contribution is -2.07. The van der Waals surface area contributed by atoms with Gasteiger partial charge in [0.2, 0.25) is 5.91 Å². The van der Waals surface area contributed by atoms with Crippen molar-refractivity contribution in [3.05, 3.63) is 68.7 Å². The molecule has 2 rings (SSSR count). The summed E-state index contributed by atoms with van der Waals surface area (Å²) >= 11 is 17.7. The first-order valence-electron chi connectivity index (χ1n) is 6.16. The predicted molar refractivity (Wildman–Crippen MR) is 90.3 cm³/mol. The molecule has 0 aliphatic carbocycles. The molecule has 2 nitrogen and oxygen atoms in total. The summed E-state index contributed by atoms with van der Waals surface area (Å²) in [6, 6.07) is 10.5. The Balaban J connectivity index is 2.05. The first-order chi connectivity index (χ1) is 9.95. The first-order valence-corrected chi connectivity index (χ1v) is 7.29. The summed E-state index contributed by atoms with van der Waals surface area (Å²) in [5.41, 5.74) is 2.40. The Labute approximate surface area is 138 Å². The topological polar surface area (TPSA) is 29.1 Å². The van der Waals surface area contributed by atoms with E-state index in [9.17, 15) is 4.79 Å². The number of aryl methyl sites for hydroxylation is 1. The molecule has 0 atom stereocenters. The molecule has 2 aromatic rings. The van der Waals surface area contributed by atoms with Crippen molar-refractivity contribution in [2.75, 3.05) is 5.32 Å². The van der Waals surface area contributed by atoms with E-state index in [1.807, 2.05) is 13.0 Å². The van der Waals surface area contributed by atoms with Crippen molar-refractivity contribution >= 4 is 52.5 Å². The monoisotopic (exact) mass is 339 g/mol. The molecule has 1 amide bonds. The van der Waals surface area contributed by atoms with Crippen molar-refractivity contribution in [3.63, 3.8) is 0 Å². The van der Waals surface area contributed by atoms with E-state index in [4.69, 9.17) is 34.8 Å². The van der Waals surface area contributed by atoms with E-state index in [2.05, 4.69) is 5.32 Å². The summed E-state index contributed by atoms with van der Waals surface area (Å²) in [6.07, 6.45) is 3.08. The molecule has 21 heavy (non-hydrogen) atoms. The zero-order valence-corrected chi connectivity index (χ0v) is 13.4. The molecule has 0 aliphatic rings. The van der Waals surface area contributed by atoms with Crippen LogP contribution in [0.2, 0.25) is 15.1 Å². The number of halogens is 3. The van der Waals surface area contributed by atoms with Gasteiger partial charge in [0.05, 0.1) is 10.0 Å². The van der Waals surface area contributed by atoms with Crippen LogP contribution in [0.4, 0.5) is 5.69 Å². The van der Waals surface area contributed by atoms with Crippen LogP contribution in [-0.2, 0) is 4.79 Å². The van der Waals surface area contributed by atoms with Crippen molar-refractivity contribution < 1.29 is 4.79 Å². The SMILES string of the molecule is Cc1ccc(NC(=O)/C=C/c2ccc(Cl)c(Cl)c2)cc1Cl. The van der Waals surface area contributed by atoms with Crippen molar-refractivity contribution in [1.82, 2.24) is 0 Å². The van der Waals surface area contributed by atoms with E-state index in [1.165, 1.54) is 6.08 Å². The van der Waals surface area contributed by atoms with Gasteiger partial charge >= 0.3 is 0 Å². The minimum atomic E-state index is -0.249. The van der Waals surface area contributed by atoms with Crippen LogP contribution in [0.15, 0.2) is 42.5 Å². The van der Waals surface area contributed by atoms with E-state index in [0.717, 1.165) is 11.1 Å². The average Bonchev–Trinajstić information content (AvgIpc) is 2.44. The maximum atomic E-state index is 11.8. The van der Waals surface area contributed by atoms with Gasteiger partial charge in [-0.3, -0.25) is 4.79 Å². The fourth-order valence-electron chi connectivity index (χ4n) is 1.64. The maximum absolute atomic E-state index is 11.8. The zero-order valence-electron chi connectivity index (χ0n) is 11.2. The molecule has 0 bridgehead atoms. The number of amides is 1. The van der Waals surface area contributed by atoms with Crippen LogP contribution in [0.1, 0.15) is 11.1 Å². The fourth-order valence-corrected chi connectivity index (χ4v) is 2.13. The predicted octanol–water partition coefficient (Wildman–Crippen LogP) is 5.61. The lowest BCUT2D eigenvalue weighted by molar-refractivity contribution is -0.111. The molecular formula is C16H12Cl3NO. The van der Waals surface area contributed by atoms with Crippen molar-refractivity contribution in [1.29, 1.82) is 0 Å². The number of anilines is 1. The van der Waals surface area contributed by atoms with Crippen LogP contribution >= 0.6 is 34.8 Å². The van der Waals surface area contributed by atoms with E-state index in [-0.39, 0.29) is 5.91 Å². The highest BCUT2D eigenvalue weighted by atomic mass is 35.5. The second-order valence-corrected chi connectivity index (χ2v) is 5.68. The van der Waals surface area contributed by atoms with Gasteiger partial charge in [0.25, 0.3) is 0 Å². The first kappa shape index (κ1) is 15.9. The van der Waals surface area contributed by atoms with Crippen LogP contribution in [0.3, 0.4) is 0 Å². The number of nitrogens with one attached hydrogen (secondary N) is 1. The van der Waals surface area contributed by atoms with Crippen LogP contribution in [0, 0.1) is 6.92 Å². The highest BCUT2D eigenvalue weighted by molar-refractivity contribution is 6.42. The van der Waals surface area contributed by atoms with Gasteiger partial charge in [-0.15, -0.1) is 0 Å². The second-order valence-electron chi connectivity index (χ2n) is 4.46. The van der Waals surface area contributed by atoms with Crippen LogP contribution in [0.25, 0.3) is 6.08 Å². The van der Waals surface area contributed by atoms with Crippen LogP contribution in [0.5, 0.6) is 0 Å². The summed E-state index contributed by atoms with van der Waals surface area (Å²) in [7, 11) is 0. The maximum Gasteiger partial charge on any atom is 0.248 e. The average molecular weight is 341 g/mol. The Morgan fingerprint density at radius 3 is 2.43 bits per heavy atom. The summed E-state index contributed by atoms with van der Waals surface area (Å²) < 4.78 is 0. The van der Waals surface area contributed by atoms with E-state index < -0.39 is 0 Å². The second kappa shape index (κ2) is 6.99. The van der Waals surface area contributed by atoms with Crippen molar-refractivity contribution in [2.24, 2.45) is 0 Å². The number of rotatable bonds is 3. The molecule has 0 unspecified atom stereocenters. The van der Waals surface area contributed by atoms with E-state index >= 15 is 0 Å². The van der Waals surface area contributed by atoms with Crippen LogP contribution < -0.4 is 5.32 Å². The third-order valence-electron chi connectivity index (χ3n) is 2.81. The van der Waals surface area contributed by atoms with Gasteiger partial charge in [-0.05, 0) is 48.4 Å². The van der Waals surface area contributed by atoms with Gasteiger partial charge in [0.15, 0.2) is 0 Å². The summed E-state index contributed by atoms with van der Waals surface area (Å²) in [4.78, 5) is 11.8. The Bertz CT molecular complexity index is 711. The Kier molecular flexibility index (Phi) is 5.29. The molecule has 0 aromatic heterocycles. The molecule has 0 fully saturated rings. The standard InChI is InChI=1S/C16H12Cl3NO/c1-10-2-5-12(9-14(10)18)20-16(21)7-4-11-3-6-13(17)15(19)8-11/h2-9H,1H3,(H,20,21)/b7-4+. The largest absolute Gasteiger partial charge is 0.322 e.